The van der Waals surface area contributed by atoms with E-state index < -0.39 is 8.17 Å². The van der Waals surface area contributed by atoms with Gasteiger partial charge in [-0.25, -0.2) is 0 Å². The largest absolute Gasteiger partial charge is 0.572 e. The van der Waals surface area contributed by atoms with Gasteiger partial charge in [0, 0.05) is 0 Å². The van der Waals surface area contributed by atoms with Crippen LogP contribution in [0.3, 0.4) is 0 Å². The topological polar surface area (TPSA) is 47.9 Å². The second-order valence-electron chi connectivity index (χ2n) is 1.65. The molecule has 1 atom stereocenters. The van der Waals surface area contributed by atoms with Crippen LogP contribution in [0.2, 0.25) is 0 Å². The predicted octanol–water partition coefficient (Wildman–Crippen LogP) is 1.54. The fourth-order valence-electron chi connectivity index (χ4n) is 0.453. The molecule has 0 bridgehead atoms. The summed E-state index contributed by atoms with van der Waals surface area (Å²) in [6.07, 6.45) is 1.52. The molecule has 11 heavy (non-hydrogen) atoms. The fraction of sp³-hybridized carbons (Fsp3) is 0.667. The first-order valence-corrected chi connectivity index (χ1v) is 4.75. The fourth-order valence-corrected chi connectivity index (χ4v) is 1.36. The number of rotatable bonds is 6. The van der Waals surface area contributed by atoms with Gasteiger partial charge in [-0.2, -0.15) is 13.9 Å². The SMILES string of the molecule is C=CCO[P+](O)(OC)OCC. The maximum atomic E-state index is 9.35. The van der Waals surface area contributed by atoms with Crippen molar-refractivity contribution in [2.24, 2.45) is 0 Å². The predicted molar refractivity (Wildman–Crippen MR) is 43.9 cm³/mol. The molecule has 0 aliphatic rings. The van der Waals surface area contributed by atoms with Crippen LogP contribution >= 0.6 is 8.17 Å². The minimum absolute atomic E-state index is 0.220. The van der Waals surface area contributed by atoms with E-state index >= 15 is 0 Å². The highest BCUT2D eigenvalue weighted by Gasteiger charge is 2.42. The second-order valence-corrected chi connectivity index (χ2v) is 3.47. The molecular formula is C6H14O4P+. The zero-order chi connectivity index (χ0) is 8.74. The summed E-state index contributed by atoms with van der Waals surface area (Å²) in [5, 5.41) is 0. The van der Waals surface area contributed by atoms with Crippen LogP contribution in [0, 0.1) is 0 Å². The van der Waals surface area contributed by atoms with Crippen molar-refractivity contribution >= 4 is 8.17 Å². The lowest BCUT2D eigenvalue weighted by Gasteiger charge is -2.10. The smallest absolute Gasteiger partial charge is 0.168 e. The van der Waals surface area contributed by atoms with Crippen molar-refractivity contribution < 1.29 is 18.5 Å². The van der Waals surface area contributed by atoms with Gasteiger partial charge in [0.2, 0.25) is 0 Å². The molecule has 4 nitrogen and oxygen atoms in total. The van der Waals surface area contributed by atoms with Gasteiger partial charge in [-0.15, -0.1) is 11.1 Å². The Bertz CT molecular complexity index is 119. The van der Waals surface area contributed by atoms with Crippen molar-refractivity contribution in [2.75, 3.05) is 20.3 Å². The molecule has 0 radical (unpaired) electrons. The first kappa shape index (κ1) is 11.0. The van der Waals surface area contributed by atoms with E-state index in [1.807, 2.05) is 0 Å². The van der Waals surface area contributed by atoms with Gasteiger partial charge in [0.1, 0.15) is 6.61 Å². The summed E-state index contributed by atoms with van der Waals surface area (Å²) in [7, 11) is -1.70. The van der Waals surface area contributed by atoms with E-state index in [0.717, 1.165) is 0 Å². The molecule has 1 N–H and O–H groups in total. The molecule has 0 rings (SSSR count). The minimum Gasteiger partial charge on any atom is -0.168 e. The van der Waals surface area contributed by atoms with E-state index in [-0.39, 0.29) is 6.61 Å². The molecule has 0 heterocycles. The second kappa shape index (κ2) is 5.63. The first-order chi connectivity index (χ1) is 5.18. The monoisotopic (exact) mass is 181 g/mol. The normalized spacial score (nSPS) is 15.9. The average Bonchev–Trinajstić information content (AvgIpc) is 2.02. The van der Waals surface area contributed by atoms with Gasteiger partial charge in [-0.05, 0) is 6.92 Å². The van der Waals surface area contributed by atoms with Gasteiger partial charge < -0.3 is 0 Å². The van der Waals surface area contributed by atoms with Gasteiger partial charge in [-0.3, -0.25) is 0 Å². The first-order valence-electron chi connectivity index (χ1n) is 3.26. The lowest BCUT2D eigenvalue weighted by Crippen LogP contribution is -2.04. The molecule has 0 saturated heterocycles. The van der Waals surface area contributed by atoms with Crippen molar-refractivity contribution in [2.45, 2.75) is 6.92 Å². The molecule has 0 saturated carbocycles. The van der Waals surface area contributed by atoms with Crippen LogP contribution in [-0.4, -0.2) is 25.2 Å². The summed E-state index contributed by atoms with van der Waals surface area (Å²) >= 11 is 0. The van der Waals surface area contributed by atoms with Crippen LogP contribution in [0.15, 0.2) is 12.7 Å². The summed E-state index contributed by atoms with van der Waals surface area (Å²) in [5.41, 5.74) is 0. The molecule has 0 aliphatic heterocycles. The highest BCUT2D eigenvalue weighted by Crippen LogP contribution is 2.56. The van der Waals surface area contributed by atoms with Gasteiger partial charge >= 0.3 is 8.17 Å². The Labute approximate surface area is 67.4 Å². The highest BCUT2D eigenvalue weighted by atomic mass is 31.2. The third-order valence-electron chi connectivity index (χ3n) is 0.878. The van der Waals surface area contributed by atoms with E-state index in [0.29, 0.717) is 6.61 Å². The van der Waals surface area contributed by atoms with Crippen molar-refractivity contribution in [3.8, 4) is 0 Å². The molecule has 5 heteroatoms. The minimum atomic E-state index is -3.04. The maximum Gasteiger partial charge on any atom is 0.572 e. The Kier molecular flexibility index (Phi) is 5.64. The van der Waals surface area contributed by atoms with Crippen molar-refractivity contribution in [1.29, 1.82) is 0 Å². The molecule has 0 aromatic rings. The standard InChI is InChI=1S/C6H14O4P/c1-4-6-10-11(7,8-3)9-5-2/h4,7H,1,5-6H2,2-3H3/q+1. The van der Waals surface area contributed by atoms with E-state index in [2.05, 4.69) is 11.1 Å². The Hall–Kier alpha value is 0.0100. The van der Waals surface area contributed by atoms with Crippen LogP contribution in [0.1, 0.15) is 6.92 Å². The Balaban J connectivity index is 3.76. The summed E-state index contributed by atoms with van der Waals surface area (Å²) in [5.74, 6) is 0. The molecule has 0 aliphatic carbocycles. The molecule has 0 spiro atoms. The maximum absolute atomic E-state index is 9.35. The Morgan fingerprint density at radius 1 is 1.55 bits per heavy atom. The van der Waals surface area contributed by atoms with Gasteiger partial charge in [-0.1, -0.05) is 6.08 Å². The summed E-state index contributed by atoms with van der Waals surface area (Å²) in [4.78, 5) is 9.35. The molecule has 66 valence electrons. The molecular weight excluding hydrogens is 167 g/mol. The van der Waals surface area contributed by atoms with Crippen LogP contribution in [0.5, 0.6) is 0 Å². The van der Waals surface area contributed by atoms with Gasteiger partial charge in [0.15, 0.2) is 0 Å². The molecule has 0 aromatic heterocycles. The van der Waals surface area contributed by atoms with Crippen LogP contribution in [0.4, 0.5) is 0 Å². The third-order valence-corrected chi connectivity index (χ3v) is 2.40. The van der Waals surface area contributed by atoms with E-state index in [1.54, 1.807) is 6.92 Å². The van der Waals surface area contributed by atoms with Crippen LogP contribution in [-0.2, 0) is 13.6 Å². The molecule has 1 unspecified atom stereocenters. The number of hydrogen-bond donors (Lipinski definition) is 1. The van der Waals surface area contributed by atoms with E-state index in [9.17, 15) is 4.89 Å². The molecule has 0 aromatic carbocycles. The lowest BCUT2D eigenvalue weighted by atomic mass is 10.7. The third kappa shape index (κ3) is 4.45. The van der Waals surface area contributed by atoms with Crippen molar-refractivity contribution in [3.63, 3.8) is 0 Å². The average molecular weight is 181 g/mol. The number of hydrogen-bond acceptors (Lipinski definition) is 4. The summed E-state index contributed by atoms with van der Waals surface area (Å²) < 4.78 is 14.4. The van der Waals surface area contributed by atoms with Gasteiger partial charge in [0.25, 0.3) is 0 Å². The van der Waals surface area contributed by atoms with Crippen molar-refractivity contribution in [3.05, 3.63) is 12.7 Å². The van der Waals surface area contributed by atoms with Crippen LogP contribution in [0.25, 0.3) is 0 Å². The van der Waals surface area contributed by atoms with Crippen LogP contribution < -0.4 is 0 Å². The Morgan fingerprint density at radius 2 is 2.18 bits per heavy atom. The van der Waals surface area contributed by atoms with Crippen molar-refractivity contribution in [1.82, 2.24) is 0 Å². The van der Waals surface area contributed by atoms with E-state index in [4.69, 9.17) is 9.05 Å². The molecule has 0 fully saturated rings. The highest BCUT2D eigenvalue weighted by molar-refractivity contribution is 7.55. The zero-order valence-electron chi connectivity index (χ0n) is 6.82. The quantitative estimate of drug-likeness (QED) is 0.498. The summed E-state index contributed by atoms with van der Waals surface area (Å²) in [6.45, 7) is 5.76. The van der Waals surface area contributed by atoms with Gasteiger partial charge in [0.05, 0.1) is 13.7 Å². The van der Waals surface area contributed by atoms with E-state index in [1.165, 1.54) is 13.2 Å². The summed E-state index contributed by atoms with van der Waals surface area (Å²) in [6, 6.07) is 0. The lowest BCUT2D eigenvalue weighted by molar-refractivity contribution is 0.112. The Morgan fingerprint density at radius 3 is 2.55 bits per heavy atom. The zero-order valence-corrected chi connectivity index (χ0v) is 7.71. The molecule has 0 amide bonds.